The minimum Gasteiger partial charge on any atom is -0.366 e. The van der Waals surface area contributed by atoms with Crippen molar-refractivity contribution >= 4 is 5.91 Å². The number of carbonyl (C=O) groups is 1. The van der Waals surface area contributed by atoms with Gasteiger partial charge < -0.3 is 10.7 Å². The van der Waals surface area contributed by atoms with Crippen LogP contribution in [0.2, 0.25) is 0 Å². The maximum atomic E-state index is 11.3. The van der Waals surface area contributed by atoms with E-state index in [-0.39, 0.29) is 5.91 Å². The van der Waals surface area contributed by atoms with Gasteiger partial charge in [-0.05, 0) is 25.5 Å². The first-order valence-electron chi connectivity index (χ1n) is 6.69. The first-order chi connectivity index (χ1) is 8.74. The van der Waals surface area contributed by atoms with E-state index in [4.69, 9.17) is 5.73 Å². The van der Waals surface area contributed by atoms with Crippen molar-refractivity contribution in [2.45, 2.75) is 25.3 Å². The monoisotopic (exact) mass is 248 g/mol. The Morgan fingerprint density at radius 2 is 2.11 bits per heavy atom. The van der Waals surface area contributed by atoms with Gasteiger partial charge in [0.1, 0.15) is 0 Å². The van der Waals surface area contributed by atoms with Crippen LogP contribution < -0.4 is 5.73 Å². The minimum atomic E-state index is -0.348. The average molecular weight is 248 g/mol. The van der Waals surface area contributed by atoms with Crippen LogP contribution in [-0.4, -0.2) is 53.2 Å². The highest BCUT2D eigenvalue weighted by molar-refractivity contribution is 5.94. The van der Waals surface area contributed by atoms with Crippen molar-refractivity contribution < 1.29 is 4.79 Å². The van der Waals surface area contributed by atoms with Crippen molar-refractivity contribution in [3.05, 3.63) is 23.9 Å². The van der Waals surface area contributed by atoms with E-state index in [1.165, 1.54) is 25.8 Å². The van der Waals surface area contributed by atoms with E-state index in [0.717, 1.165) is 19.8 Å². The summed E-state index contributed by atoms with van der Waals surface area (Å²) < 4.78 is 0. The van der Waals surface area contributed by atoms with Crippen molar-refractivity contribution in [1.29, 1.82) is 0 Å². The summed E-state index contributed by atoms with van der Waals surface area (Å²) in [5.41, 5.74) is 5.96. The summed E-state index contributed by atoms with van der Waals surface area (Å²) in [5.74, 6) is -0.348. The molecular weight excluding hydrogens is 228 g/mol. The summed E-state index contributed by atoms with van der Waals surface area (Å²) in [6.45, 7) is 4.24. The fourth-order valence-electron chi connectivity index (χ4n) is 2.95. The lowest BCUT2D eigenvalue weighted by atomic mass is 10.1. The molecule has 0 radical (unpaired) electrons. The molecule has 2 N–H and O–H groups in total. The van der Waals surface area contributed by atoms with Gasteiger partial charge in [0, 0.05) is 19.3 Å². The van der Waals surface area contributed by atoms with E-state index in [9.17, 15) is 4.79 Å². The maximum Gasteiger partial charge on any atom is 0.250 e. The second-order valence-corrected chi connectivity index (χ2v) is 5.26. The van der Waals surface area contributed by atoms with E-state index >= 15 is 0 Å². The van der Waals surface area contributed by atoms with Gasteiger partial charge >= 0.3 is 0 Å². The van der Waals surface area contributed by atoms with E-state index in [0.29, 0.717) is 11.6 Å². The van der Waals surface area contributed by atoms with Crippen molar-refractivity contribution in [3.63, 3.8) is 0 Å². The fraction of sp³-hybridized carbons (Fsp3) is 0.615. The summed E-state index contributed by atoms with van der Waals surface area (Å²) in [6, 6.07) is 0.347. The third kappa shape index (κ3) is 2.15. The van der Waals surface area contributed by atoms with Crippen molar-refractivity contribution in [2.75, 3.05) is 26.3 Å². The van der Waals surface area contributed by atoms with Gasteiger partial charge in [0.2, 0.25) is 5.91 Å². The zero-order chi connectivity index (χ0) is 12.5. The Morgan fingerprint density at radius 1 is 1.28 bits per heavy atom. The molecule has 5 nitrogen and oxygen atoms in total. The molecule has 18 heavy (non-hydrogen) atoms. The highest BCUT2D eigenvalue weighted by Crippen LogP contribution is 2.24. The third-order valence-electron chi connectivity index (χ3n) is 3.92. The molecule has 0 aromatic rings. The Balaban J connectivity index is 1.83. The Hall–Kier alpha value is -1.33. The molecule has 98 valence electrons. The predicted molar refractivity (Wildman–Crippen MR) is 69.0 cm³/mol. The molecule has 3 rings (SSSR count). The van der Waals surface area contributed by atoms with Crippen molar-refractivity contribution in [3.8, 4) is 0 Å². The second-order valence-electron chi connectivity index (χ2n) is 5.26. The van der Waals surface area contributed by atoms with Crippen LogP contribution in [0.1, 0.15) is 19.3 Å². The van der Waals surface area contributed by atoms with E-state index in [2.05, 4.69) is 21.0 Å². The lowest BCUT2D eigenvalue weighted by Gasteiger charge is -2.49. The standard InChI is InChI=1S/C13H20N4O/c14-13(18)11-4-5-12-9-15-6-2-1-3-7-16(10-15)17(12)8-11/h4-5,8,12H,1-3,6-7,9-10H2,(H2,14,18). The van der Waals surface area contributed by atoms with Crippen LogP contribution in [-0.2, 0) is 4.79 Å². The molecule has 1 amide bonds. The predicted octanol–water partition coefficient (Wildman–Crippen LogP) is 0.270. The van der Waals surface area contributed by atoms with Crippen molar-refractivity contribution in [2.24, 2.45) is 5.73 Å². The first kappa shape index (κ1) is 11.7. The lowest BCUT2D eigenvalue weighted by Crippen LogP contribution is -2.60. The van der Waals surface area contributed by atoms with Crippen LogP contribution in [0.3, 0.4) is 0 Å². The third-order valence-corrected chi connectivity index (χ3v) is 3.92. The topological polar surface area (TPSA) is 52.8 Å². The molecule has 0 aromatic carbocycles. The number of nitrogens with two attached hydrogens (primary N) is 1. The number of nitrogens with zero attached hydrogens (tertiary/aromatic N) is 3. The molecule has 0 saturated carbocycles. The molecule has 3 aliphatic rings. The van der Waals surface area contributed by atoms with Crippen LogP contribution in [0.4, 0.5) is 0 Å². The molecule has 5 heteroatoms. The highest BCUT2D eigenvalue weighted by Gasteiger charge is 2.32. The zero-order valence-corrected chi connectivity index (χ0v) is 10.6. The molecule has 0 aliphatic carbocycles. The van der Waals surface area contributed by atoms with Gasteiger partial charge in [0.25, 0.3) is 0 Å². The normalized spacial score (nSPS) is 35.2. The second kappa shape index (κ2) is 4.74. The molecule has 3 heterocycles. The molecular formula is C13H20N4O. The molecule has 3 aliphatic heterocycles. The maximum absolute atomic E-state index is 11.3. The van der Waals surface area contributed by atoms with Crippen LogP contribution in [0.15, 0.2) is 23.9 Å². The number of hydrazine groups is 1. The number of hydrogen-bond acceptors (Lipinski definition) is 4. The zero-order valence-electron chi connectivity index (χ0n) is 10.6. The average Bonchev–Trinajstić information content (AvgIpc) is 2.35. The molecule has 2 saturated heterocycles. The number of fused-ring (bicyclic) bond motifs is 4. The summed E-state index contributed by atoms with van der Waals surface area (Å²) in [6.07, 6.45) is 9.67. The van der Waals surface area contributed by atoms with Crippen molar-refractivity contribution in [1.82, 2.24) is 14.9 Å². The quantitative estimate of drug-likeness (QED) is 0.724. The van der Waals surface area contributed by atoms with E-state index < -0.39 is 0 Å². The van der Waals surface area contributed by atoms with Gasteiger partial charge in [-0.25, -0.2) is 5.01 Å². The van der Waals surface area contributed by atoms with Crippen LogP contribution in [0.5, 0.6) is 0 Å². The van der Waals surface area contributed by atoms with Gasteiger partial charge in [0.15, 0.2) is 0 Å². The summed E-state index contributed by atoms with van der Waals surface area (Å²) in [4.78, 5) is 13.8. The SMILES string of the molecule is NC(=O)C1=CN2C(C=C1)CN1CCCCCN2C1. The smallest absolute Gasteiger partial charge is 0.250 e. The molecule has 0 spiro atoms. The van der Waals surface area contributed by atoms with Gasteiger partial charge in [-0.15, -0.1) is 0 Å². The van der Waals surface area contributed by atoms with Crippen LogP contribution in [0, 0.1) is 0 Å². The number of rotatable bonds is 1. The number of amides is 1. The molecule has 3 unspecified atom stereocenters. The fourth-order valence-corrected chi connectivity index (χ4v) is 2.95. The summed E-state index contributed by atoms with van der Waals surface area (Å²) in [7, 11) is 0. The van der Waals surface area contributed by atoms with E-state index in [1.807, 2.05) is 12.3 Å². The largest absolute Gasteiger partial charge is 0.366 e. The number of hydrogen-bond donors (Lipinski definition) is 1. The van der Waals surface area contributed by atoms with Gasteiger partial charge in [-0.3, -0.25) is 9.69 Å². The minimum absolute atomic E-state index is 0.347. The van der Waals surface area contributed by atoms with Gasteiger partial charge in [-0.2, -0.15) is 0 Å². The van der Waals surface area contributed by atoms with Crippen LogP contribution >= 0.6 is 0 Å². The lowest BCUT2D eigenvalue weighted by molar-refractivity contribution is -0.116. The Labute approximate surface area is 107 Å². The van der Waals surface area contributed by atoms with Gasteiger partial charge in [0.05, 0.1) is 18.3 Å². The summed E-state index contributed by atoms with van der Waals surface area (Å²) >= 11 is 0. The van der Waals surface area contributed by atoms with Gasteiger partial charge in [-0.1, -0.05) is 12.5 Å². The van der Waals surface area contributed by atoms with Crippen LogP contribution in [0.25, 0.3) is 0 Å². The Bertz CT molecular complexity index is 404. The summed E-state index contributed by atoms with van der Waals surface area (Å²) in [5, 5.41) is 4.53. The molecule has 2 fully saturated rings. The Kier molecular flexibility index (Phi) is 3.09. The molecule has 3 atom stereocenters. The van der Waals surface area contributed by atoms with E-state index in [1.54, 1.807) is 0 Å². The molecule has 0 aromatic heterocycles. The Morgan fingerprint density at radius 3 is 2.94 bits per heavy atom. The highest BCUT2D eigenvalue weighted by atomic mass is 16.1. The number of carbonyl (C=O) groups excluding carboxylic acids is 1. The first-order valence-corrected chi connectivity index (χ1v) is 6.69. The molecule has 2 bridgehead atoms. The number of primary amides is 1.